The Morgan fingerprint density at radius 1 is 1.25 bits per heavy atom. The van der Waals surface area contributed by atoms with E-state index in [2.05, 4.69) is 5.32 Å². The maximum absolute atomic E-state index is 12.5. The van der Waals surface area contributed by atoms with Gasteiger partial charge in [0.25, 0.3) is 11.7 Å². The monoisotopic (exact) mass is 333 g/mol. The third-order valence-electron chi connectivity index (χ3n) is 3.99. The topological polar surface area (TPSA) is 54.3 Å². The van der Waals surface area contributed by atoms with Crippen LogP contribution in [0.4, 0.5) is 4.39 Å². The number of aromatic nitrogens is 1. The molecule has 6 heteroatoms. The summed E-state index contributed by atoms with van der Waals surface area (Å²) in [5, 5.41) is 3.39. The normalized spacial score (nSPS) is 11.4. The number of alkyl halides is 1. The molecular weight excluding hydrogens is 309 g/mol. The Morgan fingerprint density at radius 2 is 1.96 bits per heavy atom. The molecule has 0 radical (unpaired) electrons. The number of nitrogens with zero attached hydrogens (tertiary/aromatic N) is 2. The van der Waals surface area contributed by atoms with Crippen molar-refractivity contribution in [2.24, 2.45) is 0 Å². The zero-order valence-electron chi connectivity index (χ0n) is 14.4. The Balaban J connectivity index is 2.12. The third-order valence-corrected chi connectivity index (χ3v) is 3.99. The second-order valence-electron chi connectivity index (χ2n) is 6.14. The molecule has 1 aromatic heterocycles. The number of ketones is 1. The number of carbonyl (C=O) groups is 2. The van der Waals surface area contributed by atoms with E-state index in [0.29, 0.717) is 25.2 Å². The second-order valence-corrected chi connectivity index (χ2v) is 6.14. The number of rotatable bonds is 8. The molecule has 0 spiro atoms. The van der Waals surface area contributed by atoms with E-state index >= 15 is 0 Å². The van der Waals surface area contributed by atoms with E-state index in [-0.39, 0.29) is 6.04 Å². The zero-order valence-corrected chi connectivity index (χ0v) is 14.4. The standard InChI is InChI=1S/C18H24FN3O2/c1-13(2)22-12-15(14-6-4-5-7-16(14)22)17(23)18(24)20-9-11-21(3)10-8-19/h4-7,12-13H,8-11H2,1-3H3,(H,20,24). The molecule has 24 heavy (non-hydrogen) atoms. The molecule has 0 aliphatic rings. The first kappa shape index (κ1) is 18.1. The molecular formula is C18H24FN3O2. The van der Waals surface area contributed by atoms with Crippen LogP contribution < -0.4 is 5.32 Å². The van der Waals surface area contributed by atoms with Crippen LogP contribution in [0, 0.1) is 0 Å². The fourth-order valence-electron chi connectivity index (χ4n) is 2.63. The molecule has 0 aliphatic heterocycles. The highest BCUT2D eigenvalue weighted by Gasteiger charge is 2.21. The van der Waals surface area contributed by atoms with Gasteiger partial charge >= 0.3 is 0 Å². The van der Waals surface area contributed by atoms with Crippen LogP contribution in [0.15, 0.2) is 30.5 Å². The van der Waals surface area contributed by atoms with Gasteiger partial charge in [-0.05, 0) is 27.0 Å². The summed E-state index contributed by atoms with van der Waals surface area (Å²) in [6.45, 7) is 4.74. The van der Waals surface area contributed by atoms with Crippen molar-refractivity contribution in [2.75, 3.05) is 33.4 Å². The van der Waals surface area contributed by atoms with E-state index in [1.165, 1.54) is 0 Å². The Labute approximate surface area is 141 Å². The van der Waals surface area contributed by atoms with Crippen molar-refractivity contribution >= 4 is 22.6 Å². The van der Waals surface area contributed by atoms with E-state index in [0.717, 1.165) is 10.9 Å². The van der Waals surface area contributed by atoms with Gasteiger partial charge in [-0.25, -0.2) is 4.39 Å². The maximum atomic E-state index is 12.5. The lowest BCUT2D eigenvalue weighted by atomic mass is 10.1. The number of para-hydroxylation sites is 1. The van der Waals surface area contributed by atoms with Crippen LogP contribution in [0.3, 0.4) is 0 Å². The molecule has 1 aromatic carbocycles. The van der Waals surface area contributed by atoms with E-state index in [1.807, 2.05) is 42.7 Å². The van der Waals surface area contributed by atoms with Crippen molar-refractivity contribution in [1.29, 1.82) is 0 Å². The molecule has 5 nitrogen and oxygen atoms in total. The maximum Gasteiger partial charge on any atom is 0.292 e. The molecule has 1 N–H and O–H groups in total. The zero-order chi connectivity index (χ0) is 17.7. The number of halogens is 1. The van der Waals surface area contributed by atoms with Gasteiger partial charge in [-0.2, -0.15) is 0 Å². The van der Waals surface area contributed by atoms with Crippen LogP contribution in [0.25, 0.3) is 10.9 Å². The lowest BCUT2D eigenvalue weighted by molar-refractivity contribution is -0.117. The summed E-state index contributed by atoms with van der Waals surface area (Å²) in [5.41, 5.74) is 1.35. The predicted octanol–water partition coefficient (Wildman–Crippen LogP) is 2.42. The lowest BCUT2D eigenvalue weighted by Crippen LogP contribution is -2.37. The predicted molar refractivity (Wildman–Crippen MR) is 93.1 cm³/mol. The summed E-state index contributed by atoms with van der Waals surface area (Å²) in [6, 6.07) is 7.75. The van der Waals surface area contributed by atoms with Crippen molar-refractivity contribution in [2.45, 2.75) is 19.9 Å². The highest BCUT2D eigenvalue weighted by Crippen LogP contribution is 2.24. The van der Waals surface area contributed by atoms with Crippen LogP contribution in [0.5, 0.6) is 0 Å². The van der Waals surface area contributed by atoms with Gasteiger partial charge in [-0.3, -0.25) is 9.59 Å². The number of carbonyl (C=O) groups excluding carboxylic acids is 2. The third kappa shape index (κ3) is 4.00. The Bertz CT molecular complexity index is 724. The van der Waals surface area contributed by atoms with Crippen LogP contribution >= 0.6 is 0 Å². The van der Waals surface area contributed by atoms with Crippen LogP contribution in [-0.2, 0) is 4.79 Å². The molecule has 0 aliphatic carbocycles. The van der Waals surface area contributed by atoms with E-state index in [9.17, 15) is 14.0 Å². The molecule has 0 bridgehead atoms. The molecule has 2 rings (SSSR count). The van der Waals surface area contributed by atoms with Gasteiger partial charge in [0.15, 0.2) is 0 Å². The highest BCUT2D eigenvalue weighted by molar-refractivity contribution is 6.45. The molecule has 1 heterocycles. The minimum absolute atomic E-state index is 0.189. The van der Waals surface area contributed by atoms with Gasteiger partial charge in [0.05, 0.1) is 5.56 Å². The van der Waals surface area contributed by atoms with Crippen molar-refractivity contribution in [1.82, 2.24) is 14.8 Å². The van der Waals surface area contributed by atoms with Gasteiger partial charge in [0, 0.05) is 42.8 Å². The Hall–Kier alpha value is -2.21. The number of amides is 1. The summed E-state index contributed by atoms with van der Waals surface area (Å²) in [7, 11) is 1.77. The van der Waals surface area contributed by atoms with Gasteiger partial charge < -0.3 is 14.8 Å². The molecule has 0 unspecified atom stereocenters. The first-order valence-corrected chi connectivity index (χ1v) is 8.12. The van der Waals surface area contributed by atoms with E-state index in [4.69, 9.17) is 0 Å². The van der Waals surface area contributed by atoms with Crippen molar-refractivity contribution in [3.63, 3.8) is 0 Å². The summed E-state index contributed by atoms with van der Waals surface area (Å²) in [4.78, 5) is 26.4. The van der Waals surface area contributed by atoms with Crippen molar-refractivity contribution in [3.8, 4) is 0 Å². The number of nitrogens with one attached hydrogen (secondary N) is 1. The minimum atomic E-state index is -0.629. The first-order chi connectivity index (χ1) is 11.5. The van der Waals surface area contributed by atoms with Crippen molar-refractivity contribution in [3.05, 3.63) is 36.0 Å². The summed E-state index contributed by atoms with van der Waals surface area (Å²) < 4.78 is 14.2. The second kappa shape index (κ2) is 8.06. The molecule has 2 aromatic rings. The molecule has 130 valence electrons. The Kier molecular flexibility index (Phi) is 6.09. The summed E-state index contributed by atoms with van der Waals surface area (Å²) >= 11 is 0. The van der Waals surface area contributed by atoms with Gasteiger partial charge in [0.1, 0.15) is 6.67 Å². The highest BCUT2D eigenvalue weighted by atomic mass is 19.1. The number of fused-ring (bicyclic) bond motifs is 1. The van der Waals surface area contributed by atoms with Crippen LogP contribution in [-0.4, -0.2) is 54.5 Å². The smallest absolute Gasteiger partial charge is 0.292 e. The SMILES string of the molecule is CC(C)n1cc(C(=O)C(=O)NCCN(C)CCF)c2ccccc21. The lowest BCUT2D eigenvalue weighted by Gasteiger charge is -2.14. The van der Waals surface area contributed by atoms with Crippen LogP contribution in [0.1, 0.15) is 30.2 Å². The fraction of sp³-hybridized carbons (Fsp3) is 0.444. The Morgan fingerprint density at radius 3 is 2.62 bits per heavy atom. The van der Waals surface area contributed by atoms with Gasteiger partial charge in [-0.15, -0.1) is 0 Å². The molecule has 0 atom stereocenters. The minimum Gasteiger partial charge on any atom is -0.348 e. The number of hydrogen-bond acceptors (Lipinski definition) is 3. The number of benzene rings is 1. The molecule has 0 fully saturated rings. The fourth-order valence-corrected chi connectivity index (χ4v) is 2.63. The number of Topliss-reactive ketones (excluding diaryl/α,β-unsaturated/α-hetero) is 1. The average Bonchev–Trinajstić information content (AvgIpc) is 2.94. The summed E-state index contributed by atoms with van der Waals surface area (Å²) in [5.74, 6) is -1.17. The molecule has 1 amide bonds. The van der Waals surface area contributed by atoms with Crippen LogP contribution in [0.2, 0.25) is 0 Å². The van der Waals surface area contributed by atoms with Crippen molar-refractivity contribution < 1.29 is 14.0 Å². The van der Waals surface area contributed by atoms with E-state index in [1.54, 1.807) is 18.1 Å². The number of likely N-dealkylation sites (N-methyl/N-ethyl adjacent to an activating group) is 1. The molecule has 0 saturated heterocycles. The first-order valence-electron chi connectivity index (χ1n) is 8.12. The van der Waals surface area contributed by atoms with Gasteiger partial charge in [0.2, 0.25) is 0 Å². The number of hydrogen-bond donors (Lipinski definition) is 1. The quantitative estimate of drug-likeness (QED) is 0.596. The summed E-state index contributed by atoms with van der Waals surface area (Å²) in [6.07, 6.45) is 1.74. The van der Waals surface area contributed by atoms with E-state index < -0.39 is 18.4 Å². The molecule has 0 saturated carbocycles. The van der Waals surface area contributed by atoms with Gasteiger partial charge in [-0.1, -0.05) is 18.2 Å². The largest absolute Gasteiger partial charge is 0.348 e. The average molecular weight is 333 g/mol.